The number of rotatable bonds is 5. The first-order valence-corrected chi connectivity index (χ1v) is 9.82. The third-order valence-corrected chi connectivity index (χ3v) is 5.89. The van der Waals surface area contributed by atoms with E-state index in [1.54, 1.807) is 18.3 Å². The monoisotopic (exact) mass is 360 g/mol. The van der Waals surface area contributed by atoms with Crippen molar-refractivity contribution < 1.29 is 19.3 Å². The first-order valence-electron chi connectivity index (χ1n) is 8.88. The molecular formula is C20H24O4S. The van der Waals surface area contributed by atoms with Crippen LogP contribution in [0.3, 0.4) is 0 Å². The van der Waals surface area contributed by atoms with Gasteiger partial charge in [0.05, 0.1) is 25.4 Å². The smallest absolute Gasteiger partial charge is 0.117 e. The molecule has 25 heavy (non-hydrogen) atoms. The van der Waals surface area contributed by atoms with Crippen molar-refractivity contribution in [3.8, 4) is 0 Å². The van der Waals surface area contributed by atoms with Gasteiger partial charge in [0.1, 0.15) is 18.3 Å². The molecule has 1 aromatic heterocycles. The molecule has 2 aromatic rings. The molecule has 134 valence electrons. The minimum absolute atomic E-state index is 0.0230. The third-order valence-electron chi connectivity index (χ3n) is 5.16. The van der Waals surface area contributed by atoms with Gasteiger partial charge in [0, 0.05) is 0 Å². The molecule has 1 aromatic carbocycles. The molecule has 5 atom stereocenters. The van der Waals surface area contributed by atoms with Gasteiger partial charge < -0.3 is 19.3 Å². The molecule has 1 saturated heterocycles. The number of hydrogen-bond donors (Lipinski definition) is 1. The third kappa shape index (κ3) is 3.15. The molecule has 0 bridgehead atoms. The lowest BCUT2D eigenvalue weighted by molar-refractivity contribution is -0.0866. The number of benzene rings is 1. The Balaban J connectivity index is 1.58. The molecule has 0 aliphatic carbocycles. The van der Waals surface area contributed by atoms with E-state index in [2.05, 4.69) is 29.8 Å². The van der Waals surface area contributed by atoms with E-state index < -0.39 is 6.10 Å². The normalized spacial score (nSPS) is 29.2. The zero-order valence-corrected chi connectivity index (χ0v) is 15.4. The molecule has 4 nitrogen and oxygen atoms in total. The first-order chi connectivity index (χ1) is 12.2. The summed E-state index contributed by atoms with van der Waals surface area (Å²) in [6.45, 7) is 4.99. The second kappa shape index (κ2) is 7.17. The van der Waals surface area contributed by atoms with Crippen LogP contribution < -0.4 is 0 Å². The predicted molar refractivity (Wildman–Crippen MR) is 96.5 cm³/mol. The molecule has 2 aliphatic rings. The van der Waals surface area contributed by atoms with E-state index in [1.807, 2.05) is 12.1 Å². The highest BCUT2D eigenvalue weighted by Gasteiger charge is 2.48. The van der Waals surface area contributed by atoms with Crippen molar-refractivity contribution in [2.75, 3.05) is 0 Å². The summed E-state index contributed by atoms with van der Waals surface area (Å²) in [5.74, 6) is 0. The minimum atomic E-state index is -0.510. The molecule has 1 unspecified atom stereocenters. The Morgan fingerprint density at radius 1 is 1.36 bits per heavy atom. The zero-order valence-electron chi connectivity index (χ0n) is 14.6. The fourth-order valence-corrected chi connectivity index (χ4v) is 4.54. The van der Waals surface area contributed by atoms with Crippen LogP contribution in [0.1, 0.15) is 54.7 Å². The molecule has 1 fully saturated rings. The van der Waals surface area contributed by atoms with Crippen LogP contribution in [0.15, 0.2) is 35.0 Å². The van der Waals surface area contributed by atoms with Gasteiger partial charge in [-0.2, -0.15) is 11.3 Å². The van der Waals surface area contributed by atoms with Crippen molar-refractivity contribution in [3.05, 3.63) is 57.3 Å². The van der Waals surface area contributed by atoms with Crippen molar-refractivity contribution in [2.45, 2.75) is 64.0 Å². The van der Waals surface area contributed by atoms with E-state index in [1.165, 1.54) is 5.56 Å². The van der Waals surface area contributed by atoms with Gasteiger partial charge in [-0.05, 0) is 52.4 Å². The summed E-state index contributed by atoms with van der Waals surface area (Å²) in [6, 6.07) is 8.14. The quantitative estimate of drug-likeness (QED) is 0.871. The summed E-state index contributed by atoms with van der Waals surface area (Å²) >= 11 is 1.68. The van der Waals surface area contributed by atoms with Gasteiger partial charge in [0.25, 0.3) is 0 Å². The van der Waals surface area contributed by atoms with E-state index in [0.29, 0.717) is 13.2 Å². The summed E-state index contributed by atoms with van der Waals surface area (Å²) < 4.78 is 18.7. The van der Waals surface area contributed by atoms with Gasteiger partial charge in [-0.3, -0.25) is 0 Å². The Labute approximate surface area is 152 Å². The van der Waals surface area contributed by atoms with Gasteiger partial charge in [-0.25, -0.2) is 0 Å². The molecular weight excluding hydrogens is 336 g/mol. The zero-order chi connectivity index (χ0) is 17.4. The average Bonchev–Trinajstić information content (AvgIpc) is 3.26. The van der Waals surface area contributed by atoms with Crippen LogP contribution in [0.2, 0.25) is 0 Å². The largest absolute Gasteiger partial charge is 0.389 e. The predicted octanol–water partition coefficient (Wildman–Crippen LogP) is 4.14. The summed E-state index contributed by atoms with van der Waals surface area (Å²) in [5, 5.41) is 14.2. The van der Waals surface area contributed by atoms with Crippen LogP contribution in [0.5, 0.6) is 0 Å². The van der Waals surface area contributed by atoms with Crippen LogP contribution in [-0.2, 0) is 27.4 Å². The number of hydrogen-bond acceptors (Lipinski definition) is 5. The van der Waals surface area contributed by atoms with Gasteiger partial charge in [0.2, 0.25) is 0 Å². The molecule has 3 heterocycles. The van der Waals surface area contributed by atoms with Gasteiger partial charge in [0.15, 0.2) is 0 Å². The highest BCUT2D eigenvalue weighted by atomic mass is 32.1. The number of thiophene rings is 1. The van der Waals surface area contributed by atoms with Gasteiger partial charge >= 0.3 is 0 Å². The SMILES string of the molecule is CC[C@H]1O[C@@H]2c3cccc(C(C)O)c3CO[C@@H]2[C@H]1OCc1ccsc1. The lowest BCUT2D eigenvalue weighted by Gasteiger charge is -2.31. The van der Waals surface area contributed by atoms with Crippen LogP contribution >= 0.6 is 11.3 Å². The first kappa shape index (κ1) is 17.2. The topological polar surface area (TPSA) is 47.9 Å². The Hall–Kier alpha value is -1.24. The fourth-order valence-electron chi connectivity index (χ4n) is 3.88. The molecule has 0 amide bonds. The Kier molecular flexibility index (Phi) is 4.93. The van der Waals surface area contributed by atoms with Crippen molar-refractivity contribution in [1.82, 2.24) is 0 Å². The molecule has 0 radical (unpaired) electrons. The maximum atomic E-state index is 10.0. The maximum Gasteiger partial charge on any atom is 0.117 e. The second-order valence-corrected chi connectivity index (χ2v) is 7.56. The lowest BCUT2D eigenvalue weighted by Crippen LogP contribution is -2.37. The summed E-state index contributed by atoms with van der Waals surface area (Å²) in [7, 11) is 0. The van der Waals surface area contributed by atoms with E-state index in [0.717, 1.165) is 23.1 Å². The Morgan fingerprint density at radius 2 is 2.24 bits per heavy atom. The highest BCUT2D eigenvalue weighted by molar-refractivity contribution is 7.07. The number of fused-ring (bicyclic) bond motifs is 3. The number of aliphatic hydroxyl groups excluding tert-OH is 1. The molecule has 5 heteroatoms. The van der Waals surface area contributed by atoms with E-state index in [9.17, 15) is 5.11 Å². The lowest BCUT2D eigenvalue weighted by atomic mass is 9.90. The standard InChI is InChI=1S/C20H24O4S/c1-3-17-19(22-9-13-7-8-25-11-13)20-18(24-17)15-6-4-5-14(12(2)21)16(15)10-23-20/h4-8,11-12,17-21H,3,9-10H2,1-2H3/t12?,17-,18-,19+,20+/m1/s1. The van der Waals surface area contributed by atoms with Gasteiger partial charge in [-0.1, -0.05) is 25.1 Å². The highest BCUT2D eigenvalue weighted by Crippen LogP contribution is 2.44. The Morgan fingerprint density at radius 3 is 2.96 bits per heavy atom. The Bertz CT molecular complexity index is 712. The van der Waals surface area contributed by atoms with Crippen LogP contribution in [0, 0.1) is 0 Å². The van der Waals surface area contributed by atoms with Crippen molar-refractivity contribution in [2.24, 2.45) is 0 Å². The summed E-state index contributed by atoms with van der Waals surface area (Å²) in [5.41, 5.74) is 4.31. The van der Waals surface area contributed by atoms with Crippen molar-refractivity contribution in [1.29, 1.82) is 0 Å². The van der Waals surface area contributed by atoms with Gasteiger partial charge in [-0.15, -0.1) is 0 Å². The van der Waals surface area contributed by atoms with Crippen LogP contribution in [0.4, 0.5) is 0 Å². The van der Waals surface area contributed by atoms with Crippen molar-refractivity contribution in [3.63, 3.8) is 0 Å². The molecule has 1 N–H and O–H groups in total. The number of ether oxygens (including phenoxy) is 3. The molecule has 4 rings (SSSR count). The van der Waals surface area contributed by atoms with Crippen LogP contribution in [0.25, 0.3) is 0 Å². The molecule has 0 saturated carbocycles. The van der Waals surface area contributed by atoms with Crippen LogP contribution in [-0.4, -0.2) is 23.4 Å². The molecule has 2 aliphatic heterocycles. The fraction of sp³-hybridized carbons (Fsp3) is 0.500. The number of aliphatic hydroxyl groups is 1. The summed E-state index contributed by atoms with van der Waals surface area (Å²) in [4.78, 5) is 0. The maximum absolute atomic E-state index is 10.0. The second-order valence-electron chi connectivity index (χ2n) is 6.78. The molecule has 0 spiro atoms. The van der Waals surface area contributed by atoms with E-state index in [-0.39, 0.29) is 24.4 Å². The average molecular weight is 360 g/mol. The van der Waals surface area contributed by atoms with E-state index >= 15 is 0 Å². The van der Waals surface area contributed by atoms with E-state index in [4.69, 9.17) is 14.2 Å². The minimum Gasteiger partial charge on any atom is -0.389 e. The van der Waals surface area contributed by atoms with Crippen molar-refractivity contribution >= 4 is 11.3 Å². The summed E-state index contributed by atoms with van der Waals surface area (Å²) in [6.07, 6.45) is 0.105.